The smallest absolute Gasteiger partial charge is 0.173 e. The van der Waals surface area contributed by atoms with E-state index in [9.17, 15) is 0 Å². The standard InChI is InChI=1S/C21H27BrN6S/c1-6-27-12-18(22)19(25-27)13-26(5)21(29)23-20-15(3)24-28(16(20)4)11-17-9-7-14(2)8-10-17/h7-10,12H,6,11,13H2,1-5H3,(H,23,29). The molecule has 0 aliphatic rings. The quantitative estimate of drug-likeness (QED) is 0.526. The van der Waals surface area contributed by atoms with Crippen molar-refractivity contribution >= 4 is 38.9 Å². The van der Waals surface area contributed by atoms with Crippen molar-refractivity contribution in [3.05, 3.63) is 63.1 Å². The van der Waals surface area contributed by atoms with E-state index in [1.165, 1.54) is 11.1 Å². The number of nitrogens with zero attached hydrogens (tertiary/aromatic N) is 5. The number of halogens is 1. The lowest BCUT2D eigenvalue weighted by atomic mass is 10.1. The van der Waals surface area contributed by atoms with Gasteiger partial charge in [0, 0.05) is 19.8 Å². The van der Waals surface area contributed by atoms with Crippen LogP contribution in [0.5, 0.6) is 0 Å². The molecule has 0 aliphatic heterocycles. The molecule has 154 valence electrons. The topological polar surface area (TPSA) is 50.9 Å². The fourth-order valence-electron chi connectivity index (χ4n) is 3.10. The van der Waals surface area contributed by atoms with Gasteiger partial charge in [0.25, 0.3) is 0 Å². The fraction of sp³-hybridized carbons (Fsp3) is 0.381. The molecule has 0 saturated carbocycles. The second kappa shape index (κ2) is 9.09. The number of thiocarbonyl (C=S) groups is 1. The molecule has 0 saturated heterocycles. The van der Waals surface area contributed by atoms with E-state index in [4.69, 9.17) is 17.3 Å². The molecule has 3 aromatic rings. The number of rotatable bonds is 6. The van der Waals surface area contributed by atoms with Crippen LogP contribution in [0.4, 0.5) is 5.69 Å². The molecule has 0 radical (unpaired) electrons. The molecule has 0 unspecified atom stereocenters. The molecule has 0 bridgehead atoms. The fourth-order valence-corrected chi connectivity index (χ4v) is 3.71. The molecule has 3 rings (SSSR count). The molecule has 8 heteroatoms. The highest BCUT2D eigenvalue weighted by Crippen LogP contribution is 2.22. The van der Waals surface area contributed by atoms with E-state index < -0.39 is 0 Å². The van der Waals surface area contributed by atoms with Gasteiger partial charge in [0.05, 0.1) is 40.3 Å². The number of anilines is 1. The minimum atomic E-state index is 0.620. The van der Waals surface area contributed by atoms with Crippen molar-refractivity contribution in [1.29, 1.82) is 0 Å². The first kappa shape index (κ1) is 21.5. The first-order valence-electron chi connectivity index (χ1n) is 9.62. The van der Waals surface area contributed by atoms with Crippen LogP contribution < -0.4 is 5.32 Å². The van der Waals surface area contributed by atoms with Crippen LogP contribution in [0.15, 0.2) is 34.9 Å². The van der Waals surface area contributed by atoms with Crippen molar-refractivity contribution < 1.29 is 0 Å². The zero-order chi connectivity index (χ0) is 21.1. The molecular weight excluding hydrogens is 448 g/mol. The largest absolute Gasteiger partial charge is 0.346 e. The second-order valence-corrected chi connectivity index (χ2v) is 8.50. The Bertz CT molecular complexity index is 1010. The number of hydrogen-bond donors (Lipinski definition) is 1. The van der Waals surface area contributed by atoms with Gasteiger partial charge in [-0.3, -0.25) is 9.36 Å². The number of nitrogens with one attached hydrogen (secondary N) is 1. The maximum atomic E-state index is 5.64. The Morgan fingerprint density at radius 1 is 1.17 bits per heavy atom. The Morgan fingerprint density at radius 3 is 2.48 bits per heavy atom. The van der Waals surface area contributed by atoms with Gasteiger partial charge in [-0.15, -0.1) is 0 Å². The van der Waals surface area contributed by atoms with Gasteiger partial charge in [-0.25, -0.2) is 0 Å². The minimum absolute atomic E-state index is 0.620. The second-order valence-electron chi connectivity index (χ2n) is 7.25. The van der Waals surface area contributed by atoms with Gasteiger partial charge in [0.1, 0.15) is 0 Å². The summed E-state index contributed by atoms with van der Waals surface area (Å²) < 4.78 is 4.92. The molecule has 0 aliphatic carbocycles. The summed E-state index contributed by atoms with van der Waals surface area (Å²) in [4.78, 5) is 1.98. The van der Waals surface area contributed by atoms with Gasteiger partial charge in [0.2, 0.25) is 0 Å². The van der Waals surface area contributed by atoms with Gasteiger partial charge in [-0.1, -0.05) is 29.8 Å². The van der Waals surface area contributed by atoms with Crippen LogP contribution in [-0.2, 0) is 19.6 Å². The third-order valence-electron chi connectivity index (χ3n) is 4.91. The third-order valence-corrected chi connectivity index (χ3v) is 5.99. The van der Waals surface area contributed by atoms with Gasteiger partial charge in [0.15, 0.2) is 5.11 Å². The van der Waals surface area contributed by atoms with Gasteiger partial charge in [-0.05, 0) is 61.4 Å². The Balaban J connectivity index is 1.70. The summed E-state index contributed by atoms with van der Waals surface area (Å²) in [5.41, 5.74) is 6.41. The average molecular weight is 475 g/mol. The molecule has 0 atom stereocenters. The summed E-state index contributed by atoms with van der Waals surface area (Å²) in [6.07, 6.45) is 1.99. The maximum Gasteiger partial charge on any atom is 0.173 e. The summed E-state index contributed by atoms with van der Waals surface area (Å²) in [7, 11) is 1.97. The third kappa shape index (κ3) is 5.05. The van der Waals surface area contributed by atoms with Crippen LogP contribution in [0.3, 0.4) is 0 Å². The monoisotopic (exact) mass is 474 g/mol. The summed E-state index contributed by atoms with van der Waals surface area (Å²) >= 11 is 9.21. The van der Waals surface area contributed by atoms with E-state index in [1.807, 2.05) is 34.4 Å². The molecule has 29 heavy (non-hydrogen) atoms. The SMILES string of the molecule is CCn1cc(Br)c(CN(C)C(=S)Nc2c(C)nn(Cc3ccc(C)cc3)c2C)n1. The first-order valence-corrected chi connectivity index (χ1v) is 10.8. The van der Waals surface area contributed by atoms with Crippen molar-refractivity contribution in [2.24, 2.45) is 0 Å². The molecular formula is C21H27BrN6S. The van der Waals surface area contributed by atoms with E-state index in [0.717, 1.165) is 40.3 Å². The van der Waals surface area contributed by atoms with Crippen molar-refractivity contribution in [2.75, 3.05) is 12.4 Å². The first-order chi connectivity index (χ1) is 13.8. The summed E-state index contributed by atoms with van der Waals surface area (Å²) in [5, 5.41) is 13.3. The molecule has 0 fully saturated rings. The predicted octanol–water partition coefficient (Wildman–Crippen LogP) is 4.66. The molecule has 2 aromatic heterocycles. The van der Waals surface area contributed by atoms with Crippen molar-refractivity contribution in [1.82, 2.24) is 24.5 Å². The van der Waals surface area contributed by atoms with Gasteiger partial charge in [-0.2, -0.15) is 10.2 Å². The summed E-state index contributed by atoms with van der Waals surface area (Å²) in [5.74, 6) is 0. The van der Waals surface area contributed by atoms with Crippen LogP contribution in [-0.4, -0.2) is 36.6 Å². The highest BCUT2D eigenvalue weighted by atomic mass is 79.9. The lowest BCUT2D eigenvalue weighted by Crippen LogP contribution is -2.31. The van der Waals surface area contributed by atoms with E-state index in [1.54, 1.807) is 0 Å². The average Bonchev–Trinajstić information content (AvgIpc) is 3.17. The number of aromatic nitrogens is 4. The Hall–Kier alpha value is -2.19. The van der Waals surface area contributed by atoms with Crippen molar-refractivity contribution in [3.8, 4) is 0 Å². The van der Waals surface area contributed by atoms with Crippen LogP contribution in [0.1, 0.15) is 35.1 Å². The molecule has 1 aromatic carbocycles. The molecule has 0 amide bonds. The zero-order valence-electron chi connectivity index (χ0n) is 17.5. The normalized spacial score (nSPS) is 11.0. The summed E-state index contributed by atoms with van der Waals surface area (Å²) in [6.45, 7) is 10.4. The van der Waals surface area contributed by atoms with Gasteiger partial charge < -0.3 is 10.2 Å². The van der Waals surface area contributed by atoms with Crippen LogP contribution in [0.25, 0.3) is 0 Å². The Morgan fingerprint density at radius 2 is 1.86 bits per heavy atom. The molecule has 0 spiro atoms. The molecule has 1 N–H and O–H groups in total. The number of hydrogen-bond acceptors (Lipinski definition) is 3. The van der Waals surface area contributed by atoms with Crippen LogP contribution in [0.2, 0.25) is 0 Å². The lowest BCUT2D eigenvalue weighted by molar-refractivity contribution is 0.491. The predicted molar refractivity (Wildman–Crippen MR) is 125 cm³/mol. The Labute approximate surface area is 186 Å². The molecule has 6 nitrogen and oxygen atoms in total. The minimum Gasteiger partial charge on any atom is -0.346 e. The van der Waals surface area contributed by atoms with Crippen LogP contribution in [0, 0.1) is 20.8 Å². The summed E-state index contributed by atoms with van der Waals surface area (Å²) in [6, 6.07) is 8.54. The maximum absolute atomic E-state index is 5.64. The Kier molecular flexibility index (Phi) is 6.74. The van der Waals surface area contributed by atoms with Gasteiger partial charge >= 0.3 is 0 Å². The lowest BCUT2D eigenvalue weighted by Gasteiger charge is -2.20. The van der Waals surface area contributed by atoms with E-state index >= 15 is 0 Å². The number of aryl methyl sites for hydroxylation is 3. The zero-order valence-corrected chi connectivity index (χ0v) is 19.9. The van der Waals surface area contributed by atoms with E-state index in [-0.39, 0.29) is 0 Å². The molecule has 2 heterocycles. The van der Waals surface area contributed by atoms with Crippen molar-refractivity contribution in [2.45, 2.75) is 47.3 Å². The van der Waals surface area contributed by atoms with E-state index in [2.05, 4.69) is 71.4 Å². The van der Waals surface area contributed by atoms with Crippen LogP contribution >= 0.6 is 28.1 Å². The highest BCUT2D eigenvalue weighted by molar-refractivity contribution is 9.10. The van der Waals surface area contributed by atoms with E-state index in [0.29, 0.717) is 11.7 Å². The highest BCUT2D eigenvalue weighted by Gasteiger charge is 2.16. The van der Waals surface area contributed by atoms with Crippen molar-refractivity contribution in [3.63, 3.8) is 0 Å². The number of benzene rings is 1.